The summed E-state index contributed by atoms with van der Waals surface area (Å²) in [4.78, 5) is 0. The Morgan fingerprint density at radius 1 is 1.25 bits per heavy atom. The number of hydrogen-bond donors (Lipinski definition) is 1. The number of aliphatic hydroxyl groups is 1. The Kier molecular flexibility index (Phi) is 8.51. The number of ether oxygens (including phenoxy) is 1. The van der Waals surface area contributed by atoms with Gasteiger partial charge in [0.05, 0.1) is 6.61 Å². The fourth-order valence-corrected chi connectivity index (χ4v) is 0.916. The van der Waals surface area contributed by atoms with Gasteiger partial charge in [-0.2, -0.15) is 0 Å². The number of hydrogen-bond acceptors (Lipinski definition) is 2. The Bertz CT molecular complexity index is 110. The third-order valence-corrected chi connectivity index (χ3v) is 1.55. The summed E-state index contributed by atoms with van der Waals surface area (Å²) in [7, 11) is 0. The molecule has 0 rings (SSSR count). The molecule has 0 saturated heterocycles. The van der Waals surface area contributed by atoms with Crippen molar-refractivity contribution in [2.24, 2.45) is 0 Å². The Morgan fingerprint density at radius 3 is 2.50 bits per heavy atom. The zero-order valence-corrected chi connectivity index (χ0v) is 8.01. The quantitative estimate of drug-likeness (QED) is 0.449. The smallest absolute Gasteiger partial charge is 0.0671 e. The van der Waals surface area contributed by atoms with Gasteiger partial charge in [-0.05, 0) is 19.8 Å². The van der Waals surface area contributed by atoms with Crippen LogP contribution in [-0.2, 0) is 4.74 Å². The summed E-state index contributed by atoms with van der Waals surface area (Å²) in [6, 6.07) is 0. The Morgan fingerprint density at radius 2 is 1.92 bits per heavy atom. The normalized spacial score (nSPS) is 10.2. The molecule has 0 unspecified atom stereocenters. The fraction of sp³-hybridized carbons (Fsp3) is 0.800. The van der Waals surface area contributed by atoms with Crippen LogP contribution in [0.25, 0.3) is 0 Å². The highest BCUT2D eigenvalue weighted by Crippen LogP contribution is 1.99. The van der Waals surface area contributed by atoms with E-state index in [1.807, 2.05) is 6.92 Å². The van der Waals surface area contributed by atoms with Gasteiger partial charge in [-0.25, -0.2) is 0 Å². The summed E-state index contributed by atoms with van der Waals surface area (Å²) in [5.74, 6) is 0. The fourth-order valence-electron chi connectivity index (χ4n) is 0.916. The number of rotatable bonds is 8. The average molecular weight is 172 g/mol. The summed E-state index contributed by atoms with van der Waals surface area (Å²) in [6.45, 7) is 7.52. The molecule has 0 aliphatic rings. The van der Waals surface area contributed by atoms with Crippen LogP contribution in [0.1, 0.15) is 32.6 Å². The van der Waals surface area contributed by atoms with Crippen molar-refractivity contribution < 1.29 is 9.84 Å². The molecule has 72 valence electrons. The lowest BCUT2D eigenvalue weighted by molar-refractivity contribution is 0.150. The van der Waals surface area contributed by atoms with Crippen LogP contribution in [0.5, 0.6) is 0 Å². The molecule has 2 heteroatoms. The minimum absolute atomic E-state index is 0.312. The third-order valence-electron chi connectivity index (χ3n) is 1.55. The molecular formula is C10H20O2. The van der Waals surface area contributed by atoms with Gasteiger partial charge in [-0.1, -0.05) is 25.0 Å². The van der Waals surface area contributed by atoms with Gasteiger partial charge in [0, 0.05) is 13.2 Å². The zero-order chi connectivity index (χ0) is 9.23. The van der Waals surface area contributed by atoms with Crippen LogP contribution in [0.15, 0.2) is 12.2 Å². The monoisotopic (exact) mass is 172 g/mol. The molecule has 0 aliphatic carbocycles. The molecule has 2 nitrogen and oxygen atoms in total. The summed E-state index contributed by atoms with van der Waals surface area (Å²) in [6.07, 6.45) is 4.26. The van der Waals surface area contributed by atoms with Crippen LogP contribution in [0, 0.1) is 0 Å². The van der Waals surface area contributed by atoms with E-state index in [1.54, 1.807) is 0 Å². The molecule has 0 radical (unpaired) electrons. The Hall–Kier alpha value is -0.340. The largest absolute Gasteiger partial charge is 0.396 e. The van der Waals surface area contributed by atoms with Crippen molar-refractivity contribution in [1.29, 1.82) is 0 Å². The topological polar surface area (TPSA) is 29.5 Å². The SMILES string of the molecule is C=C(C)COCCCCCCO. The number of unbranched alkanes of at least 4 members (excludes halogenated alkanes) is 3. The molecule has 0 aromatic carbocycles. The Labute approximate surface area is 75.2 Å². The molecule has 0 amide bonds. The predicted molar refractivity (Wildman–Crippen MR) is 51.2 cm³/mol. The highest BCUT2D eigenvalue weighted by molar-refractivity contribution is 4.87. The molecule has 1 N–H and O–H groups in total. The summed E-state index contributed by atoms with van der Waals surface area (Å²) >= 11 is 0. The van der Waals surface area contributed by atoms with Gasteiger partial charge in [0.2, 0.25) is 0 Å². The molecule has 0 aromatic heterocycles. The first kappa shape index (κ1) is 11.7. The van der Waals surface area contributed by atoms with Crippen molar-refractivity contribution in [2.75, 3.05) is 19.8 Å². The highest BCUT2D eigenvalue weighted by Gasteiger charge is 1.90. The van der Waals surface area contributed by atoms with Crippen molar-refractivity contribution >= 4 is 0 Å². The molecule has 0 aromatic rings. The maximum atomic E-state index is 8.50. The van der Waals surface area contributed by atoms with Gasteiger partial charge in [0.1, 0.15) is 0 Å². The first-order valence-electron chi connectivity index (χ1n) is 4.60. The standard InChI is InChI=1S/C10H20O2/c1-10(2)9-12-8-6-4-3-5-7-11/h11H,1,3-9H2,2H3. The maximum Gasteiger partial charge on any atom is 0.0671 e. The van der Waals surface area contributed by atoms with Crippen LogP contribution in [0.3, 0.4) is 0 Å². The molecule has 0 spiro atoms. The Balaban J connectivity index is 2.86. The van der Waals surface area contributed by atoms with Gasteiger partial charge < -0.3 is 9.84 Å². The van der Waals surface area contributed by atoms with Gasteiger partial charge >= 0.3 is 0 Å². The third kappa shape index (κ3) is 9.66. The van der Waals surface area contributed by atoms with Crippen molar-refractivity contribution in [3.8, 4) is 0 Å². The number of aliphatic hydroxyl groups excluding tert-OH is 1. The lowest BCUT2D eigenvalue weighted by Crippen LogP contribution is -1.97. The molecule has 0 aliphatic heterocycles. The van der Waals surface area contributed by atoms with Crippen molar-refractivity contribution in [1.82, 2.24) is 0 Å². The van der Waals surface area contributed by atoms with Crippen molar-refractivity contribution in [3.63, 3.8) is 0 Å². The lowest BCUT2D eigenvalue weighted by atomic mass is 10.2. The van der Waals surface area contributed by atoms with E-state index >= 15 is 0 Å². The highest BCUT2D eigenvalue weighted by atomic mass is 16.5. The van der Waals surface area contributed by atoms with Crippen LogP contribution < -0.4 is 0 Å². The second kappa shape index (κ2) is 8.75. The minimum atomic E-state index is 0.312. The van der Waals surface area contributed by atoms with Gasteiger partial charge in [-0.15, -0.1) is 0 Å². The minimum Gasteiger partial charge on any atom is -0.396 e. The molecule has 0 atom stereocenters. The van der Waals surface area contributed by atoms with Crippen molar-refractivity contribution in [3.05, 3.63) is 12.2 Å². The molecule has 0 saturated carbocycles. The van der Waals surface area contributed by atoms with Crippen LogP contribution in [0.4, 0.5) is 0 Å². The first-order chi connectivity index (χ1) is 5.77. The van der Waals surface area contributed by atoms with E-state index in [2.05, 4.69) is 6.58 Å². The predicted octanol–water partition coefficient (Wildman–Crippen LogP) is 2.13. The van der Waals surface area contributed by atoms with Gasteiger partial charge in [0.15, 0.2) is 0 Å². The first-order valence-corrected chi connectivity index (χ1v) is 4.60. The summed E-state index contributed by atoms with van der Waals surface area (Å²) < 4.78 is 5.31. The van der Waals surface area contributed by atoms with Crippen LogP contribution in [0.2, 0.25) is 0 Å². The molecular weight excluding hydrogens is 152 g/mol. The molecule has 0 bridgehead atoms. The molecule has 0 heterocycles. The lowest BCUT2D eigenvalue weighted by Gasteiger charge is -2.02. The maximum absolute atomic E-state index is 8.50. The second-order valence-corrected chi connectivity index (χ2v) is 3.15. The van der Waals surface area contributed by atoms with Gasteiger partial charge in [0.25, 0.3) is 0 Å². The zero-order valence-electron chi connectivity index (χ0n) is 8.01. The van der Waals surface area contributed by atoms with E-state index in [0.29, 0.717) is 13.2 Å². The summed E-state index contributed by atoms with van der Waals surface area (Å²) in [5.41, 5.74) is 1.07. The molecule has 0 fully saturated rings. The van der Waals surface area contributed by atoms with Crippen molar-refractivity contribution in [2.45, 2.75) is 32.6 Å². The van der Waals surface area contributed by atoms with E-state index in [4.69, 9.17) is 9.84 Å². The van der Waals surface area contributed by atoms with E-state index in [9.17, 15) is 0 Å². The average Bonchev–Trinajstić information content (AvgIpc) is 2.02. The van der Waals surface area contributed by atoms with E-state index in [1.165, 1.54) is 0 Å². The molecule has 12 heavy (non-hydrogen) atoms. The second-order valence-electron chi connectivity index (χ2n) is 3.15. The summed E-state index contributed by atoms with van der Waals surface area (Å²) in [5, 5.41) is 8.50. The van der Waals surface area contributed by atoms with E-state index < -0.39 is 0 Å². The van der Waals surface area contributed by atoms with Crippen LogP contribution in [-0.4, -0.2) is 24.9 Å². The van der Waals surface area contributed by atoms with E-state index in [0.717, 1.165) is 37.9 Å². The van der Waals surface area contributed by atoms with Crippen LogP contribution >= 0.6 is 0 Å². The van der Waals surface area contributed by atoms with E-state index in [-0.39, 0.29) is 0 Å². The van der Waals surface area contributed by atoms with Gasteiger partial charge in [-0.3, -0.25) is 0 Å².